The number of carbonyl (C=O) groups is 1. The summed E-state index contributed by atoms with van der Waals surface area (Å²) in [5.74, 6) is 0.175. The zero-order chi connectivity index (χ0) is 16.9. The molecular formula is C21H32N2O. The van der Waals surface area contributed by atoms with Crippen molar-refractivity contribution in [3.63, 3.8) is 0 Å². The lowest BCUT2D eigenvalue weighted by Crippen LogP contribution is -2.38. The Kier molecular flexibility index (Phi) is 5.80. The molecule has 2 aliphatic rings. The first-order chi connectivity index (χ1) is 11.7. The lowest BCUT2D eigenvalue weighted by atomic mass is 9.93. The largest absolute Gasteiger partial charge is 0.372 e. The monoisotopic (exact) mass is 328 g/mol. The third kappa shape index (κ3) is 3.93. The molecule has 0 bridgehead atoms. The fraction of sp³-hybridized carbons (Fsp3) is 0.667. The molecule has 132 valence electrons. The highest BCUT2D eigenvalue weighted by Gasteiger charge is 2.23. The van der Waals surface area contributed by atoms with Crippen molar-refractivity contribution in [2.24, 2.45) is 0 Å². The Morgan fingerprint density at radius 2 is 1.29 bits per heavy atom. The molecule has 0 aromatic heterocycles. The summed E-state index contributed by atoms with van der Waals surface area (Å²) in [5.41, 5.74) is 2.06. The lowest BCUT2D eigenvalue weighted by molar-refractivity contribution is 0.0696. The molecule has 2 saturated carbocycles. The van der Waals surface area contributed by atoms with E-state index in [0.29, 0.717) is 12.1 Å². The predicted molar refractivity (Wildman–Crippen MR) is 101 cm³/mol. The molecule has 0 aliphatic heterocycles. The van der Waals surface area contributed by atoms with E-state index >= 15 is 0 Å². The fourth-order valence-electron chi connectivity index (χ4n) is 4.36. The zero-order valence-electron chi connectivity index (χ0n) is 15.3. The molecule has 0 radical (unpaired) electrons. The zero-order valence-corrected chi connectivity index (χ0v) is 15.3. The van der Waals surface area contributed by atoms with Crippen molar-refractivity contribution in [3.8, 4) is 0 Å². The third-order valence-electron chi connectivity index (χ3n) is 6.09. The van der Waals surface area contributed by atoms with Gasteiger partial charge in [0.15, 0.2) is 0 Å². The van der Waals surface area contributed by atoms with Gasteiger partial charge < -0.3 is 9.80 Å². The van der Waals surface area contributed by atoms with E-state index in [-0.39, 0.29) is 5.91 Å². The van der Waals surface area contributed by atoms with Crippen molar-refractivity contribution < 1.29 is 4.79 Å². The maximum absolute atomic E-state index is 12.7. The number of anilines is 1. The molecule has 0 saturated heterocycles. The van der Waals surface area contributed by atoms with Crippen LogP contribution < -0.4 is 4.90 Å². The van der Waals surface area contributed by atoms with Gasteiger partial charge in [0.2, 0.25) is 0 Å². The number of hydrogen-bond donors (Lipinski definition) is 0. The smallest absolute Gasteiger partial charge is 0.253 e. The van der Waals surface area contributed by atoms with Gasteiger partial charge in [-0.25, -0.2) is 0 Å². The Bertz CT molecular complexity index is 527. The van der Waals surface area contributed by atoms with E-state index in [1.54, 1.807) is 0 Å². The number of benzene rings is 1. The van der Waals surface area contributed by atoms with Crippen LogP contribution in [-0.2, 0) is 0 Å². The van der Waals surface area contributed by atoms with Crippen LogP contribution in [0.15, 0.2) is 24.3 Å². The van der Waals surface area contributed by atoms with Crippen molar-refractivity contribution in [1.82, 2.24) is 4.90 Å². The average molecular weight is 329 g/mol. The van der Waals surface area contributed by atoms with Gasteiger partial charge in [0.05, 0.1) is 0 Å². The first-order valence-electron chi connectivity index (χ1n) is 9.77. The standard InChI is InChI=1S/C21H32N2O/c1-22(18-9-5-3-6-10-18)20-15-13-17(14-16-20)21(24)23(2)19-11-7-4-8-12-19/h13-16,18-19H,3-12H2,1-2H3. The highest BCUT2D eigenvalue weighted by molar-refractivity contribution is 5.94. The summed E-state index contributed by atoms with van der Waals surface area (Å²) in [6, 6.07) is 9.35. The Morgan fingerprint density at radius 3 is 1.83 bits per heavy atom. The number of rotatable bonds is 4. The highest BCUT2D eigenvalue weighted by Crippen LogP contribution is 2.27. The van der Waals surface area contributed by atoms with Crippen LogP contribution in [0, 0.1) is 0 Å². The maximum atomic E-state index is 12.7. The second kappa shape index (κ2) is 8.04. The summed E-state index contributed by atoms with van der Waals surface area (Å²) in [6.07, 6.45) is 12.8. The highest BCUT2D eigenvalue weighted by atomic mass is 16.2. The third-order valence-corrected chi connectivity index (χ3v) is 6.09. The fourth-order valence-corrected chi connectivity index (χ4v) is 4.36. The van der Waals surface area contributed by atoms with Gasteiger partial charge in [-0.2, -0.15) is 0 Å². The Balaban J connectivity index is 1.63. The van der Waals surface area contributed by atoms with E-state index in [2.05, 4.69) is 24.1 Å². The summed E-state index contributed by atoms with van der Waals surface area (Å²) in [5, 5.41) is 0. The normalized spacial score (nSPS) is 19.9. The van der Waals surface area contributed by atoms with E-state index < -0.39 is 0 Å². The molecule has 0 spiro atoms. The van der Waals surface area contributed by atoms with Crippen molar-refractivity contribution in [3.05, 3.63) is 29.8 Å². The minimum Gasteiger partial charge on any atom is -0.372 e. The van der Waals surface area contributed by atoms with Crippen LogP contribution in [-0.4, -0.2) is 37.0 Å². The van der Waals surface area contributed by atoms with Gasteiger partial charge in [0.1, 0.15) is 0 Å². The summed E-state index contributed by atoms with van der Waals surface area (Å²) < 4.78 is 0. The first-order valence-corrected chi connectivity index (χ1v) is 9.77. The summed E-state index contributed by atoms with van der Waals surface area (Å²) in [7, 11) is 4.17. The van der Waals surface area contributed by atoms with Crippen LogP contribution in [0.4, 0.5) is 5.69 Å². The molecule has 0 heterocycles. The summed E-state index contributed by atoms with van der Waals surface area (Å²) in [4.78, 5) is 17.1. The van der Waals surface area contributed by atoms with Gasteiger partial charge in [-0.1, -0.05) is 38.5 Å². The first kappa shape index (κ1) is 17.3. The molecule has 1 aromatic carbocycles. The molecule has 24 heavy (non-hydrogen) atoms. The molecule has 0 N–H and O–H groups in total. The topological polar surface area (TPSA) is 23.6 Å². The van der Waals surface area contributed by atoms with E-state index in [1.807, 2.05) is 24.1 Å². The number of nitrogens with zero attached hydrogens (tertiary/aromatic N) is 2. The van der Waals surface area contributed by atoms with Crippen LogP contribution >= 0.6 is 0 Å². The molecule has 0 unspecified atom stereocenters. The molecule has 3 nitrogen and oxygen atoms in total. The minimum atomic E-state index is 0.175. The van der Waals surface area contributed by atoms with E-state index in [4.69, 9.17) is 0 Å². The quantitative estimate of drug-likeness (QED) is 0.788. The maximum Gasteiger partial charge on any atom is 0.253 e. The molecule has 2 fully saturated rings. The Hall–Kier alpha value is -1.51. The van der Waals surface area contributed by atoms with E-state index in [9.17, 15) is 4.79 Å². The van der Waals surface area contributed by atoms with Crippen LogP contribution in [0.25, 0.3) is 0 Å². The predicted octanol–water partition coefficient (Wildman–Crippen LogP) is 4.86. The van der Waals surface area contributed by atoms with Gasteiger partial charge in [0, 0.05) is 37.4 Å². The van der Waals surface area contributed by atoms with Gasteiger partial charge >= 0.3 is 0 Å². The Morgan fingerprint density at radius 1 is 0.792 bits per heavy atom. The number of carbonyl (C=O) groups excluding carboxylic acids is 1. The van der Waals surface area contributed by atoms with Gasteiger partial charge in [-0.15, -0.1) is 0 Å². The lowest BCUT2D eigenvalue weighted by Gasteiger charge is -2.33. The van der Waals surface area contributed by atoms with Crippen molar-refractivity contribution in [1.29, 1.82) is 0 Å². The molecular weight excluding hydrogens is 296 g/mol. The molecule has 3 rings (SSSR count). The molecule has 1 aromatic rings. The Labute approximate surface area is 147 Å². The molecule has 1 amide bonds. The van der Waals surface area contributed by atoms with Crippen molar-refractivity contribution in [2.45, 2.75) is 76.3 Å². The second-order valence-corrected chi connectivity index (χ2v) is 7.66. The van der Waals surface area contributed by atoms with Gasteiger partial charge in [-0.05, 0) is 49.9 Å². The second-order valence-electron chi connectivity index (χ2n) is 7.66. The minimum absolute atomic E-state index is 0.175. The summed E-state index contributed by atoms with van der Waals surface area (Å²) >= 11 is 0. The average Bonchev–Trinajstić information content (AvgIpc) is 2.68. The van der Waals surface area contributed by atoms with Crippen molar-refractivity contribution >= 4 is 11.6 Å². The molecule has 2 aliphatic carbocycles. The number of amides is 1. The summed E-state index contributed by atoms with van der Waals surface area (Å²) in [6.45, 7) is 0. The van der Waals surface area contributed by atoms with Crippen molar-refractivity contribution in [2.75, 3.05) is 19.0 Å². The van der Waals surface area contributed by atoms with Crippen LogP contribution in [0.3, 0.4) is 0 Å². The van der Waals surface area contributed by atoms with Crippen LogP contribution in [0.2, 0.25) is 0 Å². The SMILES string of the molecule is CN(C(=O)c1ccc(N(C)C2CCCCC2)cc1)C1CCCCC1. The van der Waals surface area contributed by atoms with Gasteiger partial charge in [0.25, 0.3) is 5.91 Å². The van der Waals surface area contributed by atoms with E-state index in [0.717, 1.165) is 18.4 Å². The van der Waals surface area contributed by atoms with E-state index in [1.165, 1.54) is 57.1 Å². The molecule has 3 heteroatoms. The van der Waals surface area contributed by atoms with Gasteiger partial charge in [-0.3, -0.25) is 4.79 Å². The van der Waals surface area contributed by atoms with Crippen LogP contribution in [0.1, 0.15) is 74.6 Å². The van der Waals surface area contributed by atoms with Crippen LogP contribution in [0.5, 0.6) is 0 Å². The molecule has 0 atom stereocenters. The number of hydrogen-bond acceptors (Lipinski definition) is 2.